The molecule has 0 saturated carbocycles. The molecule has 8 heteroatoms. The van der Waals surface area contributed by atoms with Gasteiger partial charge in [0.2, 0.25) is 11.7 Å². The summed E-state index contributed by atoms with van der Waals surface area (Å²) in [6, 6.07) is 10.6. The number of hydrogen-bond acceptors (Lipinski definition) is 7. The molecule has 0 aliphatic rings. The third-order valence-corrected chi connectivity index (χ3v) is 3.64. The average Bonchev–Trinajstić information content (AvgIpc) is 3.18. The van der Waals surface area contributed by atoms with Crippen molar-refractivity contribution in [3.05, 3.63) is 78.3 Å². The summed E-state index contributed by atoms with van der Waals surface area (Å²) < 4.78 is 23.7. The van der Waals surface area contributed by atoms with Crippen molar-refractivity contribution in [2.24, 2.45) is 0 Å². The standard InChI is InChI=1S/C20H13FN4O3/c21-15-3-5-17(6-4-15)27-18-8-2-14(11-23-18)20-24-19(28-25-20)7-1-13-9-16(26)12-22-10-13/h1-12,26H/b7-1+. The molecule has 0 spiro atoms. The van der Waals surface area contributed by atoms with Crippen LogP contribution in [0.3, 0.4) is 0 Å². The summed E-state index contributed by atoms with van der Waals surface area (Å²) in [5.74, 6) is 1.24. The first kappa shape index (κ1) is 17.3. The molecule has 0 aliphatic carbocycles. The highest BCUT2D eigenvalue weighted by Gasteiger charge is 2.08. The van der Waals surface area contributed by atoms with Crippen molar-refractivity contribution in [3.8, 4) is 28.8 Å². The van der Waals surface area contributed by atoms with E-state index < -0.39 is 0 Å². The molecule has 4 aromatic rings. The fourth-order valence-electron chi connectivity index (χ4n) is 2.32. The predicted molar refractivity (Wildman–Crippen MR) is 98.8 cm³/mol. The lowest BCUT2D eigenvalue weighted by atomic mass is 10.2. The minimum atomic E-state index is -0.335. The number of aromatic nitrogens is 4. The lowest BCUT2D eigenvalue weighted by molar-refractivity contribution is 0.411. The molecule has 0 saturated heterocycles. The van der Waals surface area contributed by atoms with Crippen LogP contribution >= 0.6 is 0 Å². The Morgan fingerprint density at radius 2 is 1.86 bits per heavy atom. The van der Waals surface area contributed by atoms with Crippen LogP contribution in [-0.4, -0.2) is 25.2 Å². The Bertz CT molecular complexity index is 1110. The summed E-state index contributed by atoms with van der Waals surface area (Å²) in [5, 5.41) is 13.3. The summed E-state index contributed by atoms with van der Waals surface area (Å²) in [7, 11) is 0. The van der Waals surface area contributed by atoms with Gasteiger partial charge in [0, 0.05) is 30.1 Å². The van der Waals surface area contributed by atoms with E-state index in [-0.39, 0.29) is 11.6 Å². The fourth-order valence-corrected chi connectivity index (χ4v) is 2.32. The number of benzene rings is 1. The van der Waals surface area contributed by atoms with Gasteiger partial charge in [-0.05, 0) is 48.0 Å². The lowest BCUT2D eigenvalue weighted by Gasteiger charge is -2.04. The highest BCUT2D eigenvalue weighted by atomic mass is 19.1. The summed E-state index contributed by atoms with van der Waals surface area (Å²) in [6.45, 7) is 0. The maximum atomic E-state index is 12.9. The van der Waals surface area contributed by atoms with Crippen LogP contribution in [0.4, 0.5) is 4.39 Å². The van der Waals surface area contributed by atoms with Gasteiger partial charge < -0.3 is 14.4 Å². The molecular formula is C20H13FN4O3. The molecule has 3 aromatic heterocycles. The zero-order chi connectivity index (χ0) is 19.3. The van der Waals surface area contributed by atoms with Gasteiger partial charge in [-0.15, -0.1) is 0 Å². The van der Waals surface area contributed by atoms with E-state index in [4.69, 9.17) is 9.26 Å². The van der Waals surface area contributed by atoms with Crippen molar-refractivity contribution in [2.45, 2.75) is 0 Å². The van der Waals surface area contributed by atoms with E-state index in [9.17, 15) is 9.50 Å². The molecule has 0 radical (unpaired) electrons. The van der Waals surface area contributed by atoms with Crippen LogP contribution in [0.15, 0.2) is 65.6 Å². The molecule has 7 nitrogen and oxygen atoms in total. The van der Waals surface area contributed by atoms with Crippen molar-refractivity contribution >= 4 is 12.2 Å². The first-order chi connectivity index (χ1) is 13.7. The van der Waals surface area contributed by atoms with Gasteiger partial charge in [0.15, 0.2) is 0 Å². The molecule has 1 N–H and O–H groups in total. The van der Waals surface area contributed by atoms with Gasteiger partial charge in [-0.25, -0.2) is 9.37 Å². The highest BCUT2D eigenvalue weighted by molar-refractivity contribution is 5.67. The zero-order valence-electron chi connectivity index (χ0n) is 14.4. The van der Waals surface area contributed by atoms with Crippen LogP contribution in [0.1, 0.15) is 11.5 Å². The summed E-state index contributed by atoms with van der Waals surface area (Å²) in [5.41, 5.74) is 1.34. The van der Waals surface area contributed by atoms with E-state index in [1.165, 1.54) is 30.5 Å². The largest absolute Gasteiger partial charge is 0.506 e. The van der Waals surface area contributed by atoms with Crippen LogP contribution in [0.5, 0.6) is 17.4 Å². The van der Waals surface area contributed by atoms with Crippen molar-refractivity contribution in [2.75, 3.05) is 0 Å². The first-order valence-electron chi connectivity index (χ1n) is 8.21. The molecule has 0 aliphatic heterocycles. The number of halogens is 1. The third-order valence-electron chi connectivity index (χ3n) is 3.64. The predicted octanol–water partition coefficient (Wildman–Crippen LogP) is 4.33. The monoisotopic (exact) mass is 376 g/mol. The second-order valence-corrected chi connectivity index (χ2v) is 5.71. The number of hydrogen-bond donors (Lipinski definition) is 1. The average molecular weight is 376 g/mol. The second kappa shape index (κ2) is 7.67. The van der Waals surface area contributed by atoms with E-state index >= 15 is 0 Å². The molecular weight excluding hydrogens is 363 g/mol. The molecule has 28 heavy (non-hydrogen) atoms. The maximum Gasteiger partial charge on any atom is 0.250 e. The number of nitrogens with zero attached hydrogens (tertiary/aromatic N) is 4. The van der Waals surface area contributed by atoms with Crippen LogP contribution in [0.2, 0.25) is 0 Å². The van der Waals surface area contributed by atoms with Crippen molar-refractivity contribution in [1.82, 2.24) is 20.1 Å². The lowest BCUT2D eigenvalue weighted by Crippen LogP contribution is -1.89. The van der Waals surface area contributed by atoms with Gasteiger partial charge in [0.25, 0.3) is 5.89 Å². The van der Waals surface area contributed by atoms with Crippen LogP contribution in [-0.2, 0) is 0 Å². The molecule has 3 heterocycles. The number of ether oxygens (including phenoxy) is 1. The quantitative estimate of drug-likeness (QED) is 0.554. The third kappa shape index (κ3) is 4.18. The molecule has 0 fully saturated rings. The van der Waals surface area contributed by atoms with Crippen LogP contribution in [0.25, 0.3) is 23.5 Å². The summed E-state index contributed by atoms with van der Waals surface area (Å²) in [6.07, 6.45) is 7.81. The van der Waals surface area contributed by atoms with E-state index in [0.29, 0.717) is 34.5 Å². The molecule has 0 atom stereocenters. The molecule has 0 bridgehead atoms. The van der Waals surface area contributed by atoms with Crippen LogP contribution in [0, 0.1) is 5.82 Å². The smallest absolute Gasteiger partial charge is 0.250 e. The Morgan fingerprint density at radius 1 is 1.00 bits per heavy atom. The van der Waals surface area contributed by atoms with Gasteiger partial charge in [0.1, 0.15) is 17.3 Å². The van der Waals surface area contributed by atoms with Gasteiger partial charge in [0.05, 0.1) is 6.20 Å². The normalized spacial score (nSPS) is 11.0. The Kier molecular flexibility index (Phi) is 4.75. The summed E-state index contributed by atoms with van der Waals surface area (Å²) in [4.78, 5) is 12.4. The fraction of sp³-hybridized carbons (Fsp3) is 0. The maximum absolute atomic E-state index is 12.9. The second-order valence-electron chi connectivity index (χ2n) is 5.71. The van der Waals surface area contributed by atoms with Crippen molar-refractivity contribution in [3.63, 3.8) is 0 Å². The van der Waals surface area contributed by atoms with Gasteiger partial charge >= 0.3 is 0 Å². The number of pyridine rings is 2. The Morgan fingerprint density at radius 3 is 2.61 bits per heavy atom. The molecule has 0 unspecified atom stereocenters. The Hall–Kier alpha value is -4.07. The van der Waals surface area contributed by atoms with Crippen LogP contribution < -0.4 is 4.74 Å². The molecule has 1 aromatic carbocycles. The van der Waals surface area contributed by atoms with E-state index in [0.717, 1.165) is 0 Å². The van der Waals surface area contributed by atoms with Gasteiger partial charge in [-0.3, -0.25) is 4.98 Å². The number of rotatable bonds is 5. The highest BCUT2D eigenvalue weighted by Crippen LogP contribution is 2.22. The zero-order valence-corrected chi connectivity index (χ0v) is 14.4. The molecule has 0 amide bonds. The SMILES string of the molecule is Oc1cncc(/C=C/c2nc(-c3ccc(Oc4ccc(F)cc4)nc3)no2)c1. The topological polar surface area (TPSA) is 94.2 Å². The van der Waals surface area contributed by atoms with E-state index in [1.54, 1.807) is 42.7 Å². The first-order valence-corrected chi connectivity index (χ1v) is 8.21. The van der Waals surface area contributed by atoms with E-state index in [1.807, 2.05) is 0 Å². The minimum absolute atomic E-state index is 0.0717. The Balaban J connectivity index is 1.45. The van der Waals surface area contributed by atoms with Gasteiger partial charge in [-0.1, -0.05) is 5.16 Å². The van der Waals surface area contributed by atoms with Gasteiger partial charge in [-0.2, -0.15) is 4.98 Å². The van der Waals surface area contributed by atoms with Crippen molar-refractivity contribution < 1.29 is 18.8 Å². The molecule has 4 rings (SSSR count). The Labute approximate surface area is 158 Å². The van der Waals surface area contributed by atoms with E-state index in [2.05, 4.69) is 20.1 Å². The number of aromatic hydroxyl groups is 1. The molecule has 138 valence electrons. The summed E-state index contributed by atoms with van der Waals surface area (Å²) >= 11 is 0. The van der Waals surface area contributed by atoms with Crippen molar-refractivity contribution in [1.29, 1.82) is 0 Å². The minimum Gasteiger partial charge on any atom is -0.506 e.